The number of methoxy groups -OCH3 is 1. The molecule has 0 radical (unpaired) electrons. The summed E-state index contributed by atoms with van der Waals surface area (Å²) in [5.74, 6) is 0. The van der Waals surface area contributed by atoms with Crippen LogP contribution in [0.1, 0.15) is 0 Å². The van der Waals surface area contributed by atoms with Crippen molar-refractivity contribution in [3.05, 3.63) is 53.9 Å². The van der Waals surface area contributed by atoms with Gasteiger partial charge in [0.05, 0.1) is 23.6 Å². The minimum atomic E-state index is -3.93. The molecule has 23 heavy (non-hydrogen) atoms. The summed E-state index contributed by atoms with van der Waals surface area (Å²) < 4.78 is 31.5. The van der Waals surface area contributed by atoms with Crippen LogP contribution in [0.3, 0.4) is 0 Å². The predicted octanol–water partition coefficient (Wildman–Crippen LogP) is 2.91. The lowest BCUT2D eigenvalue weighted by Crippen LogP contribution is -2.28. The lowest BCUT2D eigenvalue weighted by atomic mass is 10.2. The first-order valence-electron chi connectivity index (χ1n) is 6.78. The van der Waals surface area contributed by atoms with Crippen LogP contribution in [0, 0.1) is 0 Å². The maximum absolute atomic E-state index is 11.9. The van der Waals surface area contributed by atoms with E-state index in [1.165, 1.54) is 6.20 Å². The third-order valence-electron chi connectivity index (χ3n) is 3.42. The van der Waals surface area contributed by atoms with Gasteiger partial charge in [0.2, 0.25) is 0 Å². The zero-order valence-corrected chi connectivity index (χ0v) is 13.1. The Balaban J connectivity index is 2.12. The molecule has 7 heteroatoms. The Morgan fingerprint density at radius 2 is 1.57 bits per heavy atom. The van der Waals surface area contributed by atoms with Crippen LogP contribution in [-0.2, 0) is 14.8 Å². The average Bonchev–Trinajstić information content (AvgIpc) is 2.87. The van der Waals surface area contributed by atoms with Gasteiger partial charge in [-0.05, 0) is 12.1 Å². The molecule has 118 valence electrons. The van der Waals surface area contributed by atoms with Gasteiger partial charge in [-0.1, -0.05) is 36.4 Å². The quantitative estimate of drug-likeness (QED) is 0.801. The molecule has 1 heterocycles. The minimum absolute atomic E-state index is 0.873. The van der Waals surface area contributed by atoms with Crippen molar-refractivity contribution in [2.45, 2.75) is 0 Å². The highest BCUT2D eigenvalue weighted by Gasteiger charge is 2.12. The third-order valence-corrected chi connectivity index (χ3v) is 4.35. The molecule has 0 aliphatic heterocycles. The molecular weight excluding hydrogens is 316 g/mol. The average molecular weight is 330 g/mol. The second-order valence-corrected chi connectivity index (χ2v) is 6.39. The number of nitrogens with one attached hydrogen (secondary N) is 1. The molecule has 0 fully saturated rings. The van der Waals surface area contributed by atoms with E-state index in [1.807, 2.05) is 48.5 Å². The van der Waals surface area contributed by atoms with E-state index in [-0.39, 0.29) is 0 Å². The van der Waals surface area contributed by atoms with E-state index < -0.39 is 16.1 Å². The third kappa shape index (κ3) is 2.91. The Morgan fingerprint density at radius 3 is 2.09 bits per heavy atom. The fourth-order valence-electron chi connectivity index (χ4n) is 2.45. The summed E-state index contributed by atoms with van der Waals surface area (Å²) in [6, 6.07) is 15.4. The summed E-state index contributed by atoms with van der Waals surface area (Å²) in [4.78, 5) is 11.1. The van der Waals surface area contributed by atoms with Crippen molar-refractivity contribution in [2.75, 3.05) is 7.11 Å². The highest BCUT2D eigenvalue weighted by Crippen LogP contribution is 2.28. The smallest absolute Gasteiger partial charge is 0.420 e. The lowest BCUT2D eigenvalue weighted by Gasteiger charge is -2.02. The number of sulfonamides is 1. The maximum Gasteiger partial charge on any atom is 0.420 e. The molecule has 1 amide bonds. The number of hydrogen-bond donors (Lipinski definition) is 1. The number of ether oxygens (including phenoxy) is 1. The van der Waals surface area contributed by atoms with E-state index in [1.54, 1.807) is 9.29 Å². The van der Waals surface area contributed by atoms with Crippen molar-refractivity contribution in [1.82, 2.24) is 9.29 Å². The monoisotopic (exact) mass is 330 g/mol. The summed E-state index contributed by atoms with van der Waals surface area (Å²) in [5.41, 5.74) is 1.75. The van der Waals surface area contributed by atoms with E-state index in [9.17, 15) is 13.2 Å². The van der Waals surface area contributed by atoms with Crippen LogP contribution in [0.2, 0.25) is 0 Å². The molecule has 0 unspecified atom stereocenters. The number of hydrogen-bond acceptors (Lipinski definition) is 4. The van der Waals surface area contributed by atoms with Crippen molar-refractivity contribution < 1.29 is 17.9 Å². The summed E-state index contributed by atoms with van der Waals surface area (Å²) in [7, 11) is -2.83. The molecule has 0 aliphatic carbocycles. The van der Waals surface area contributed by atoms with Gasteiger partial charge in [-0.3, -0.25) is 0 Å². The summed E-state index contributed by atoms with van der Waals surface area (Å²) >= 11 is 0. The van der Waals surface area contributed by atoms with E-state index in [0.29, 0.717) is 0 Å². The van der Waals surface area contributed by atoms with Crippen LogP contribution in [0.15, 0.2) is 53.9 Å². The van der Waals surface area contributed by atoms with E-state index >= 15 is 0 Å². The Kier molecular flexibility index (Phi) is 3.79. The van der Waals surface area contributed by atoms with E-state index in [2.05, 4.69) is 4.74 Å². The molecule has 0 aliphatic rings. The molecule has 1 N–H and O–H groups in total. The number of para-hydroxylation sites is 2. The molecule has 2 aromatic carbocycles. The molecule has 6 nitrogen and oxygen atoms in total. The topological polar surface area (TPSA) is 77.4 Å². The molecule has 3 aromatic rings. The molecule has 0 saturated heterocycles. The van der Waals surface area contributed by atoms with Gasteiger partial charge in [-0.25, -0.2) is 17.9 Å². The molecule has 0 atom stereocenters. The lowest BCUT2D eigenvalue weighted by molar-refractivity contribution is 0.178. The van der Waals surface area contributed by atoms with Crippen molar-refractivity contribution in [3.8, 4) is 0 Å². The molecule has 0 bridgehead atoms. The number of carbonyl (C=O) groups is 1. The molecular formula is C16H14N2O4S. The SMILES string of the molecule is COC(=O)NS(=O)(=O)C=Cn1c2ccccc2c2ccccc21. The number of carbonyl (C=O) groups excluding carboxylic acids is 1. The first kappa shape index (κ1) is 15.1. The van der Waals surface area contributed by atoms with Crippen LogP contribution >= 0.6 is 0 Å². The van der Waals surface area contributed by atoms with Crippen LogP contribution in [0.25, 0.3) is 28.0 Å². The Labute approximate surface area is 133 Å². The second kappa shape index (κ2) is 5.77. The standard InChI is InChI=1S/C16H14N2O4S/c1-22-16(19)17-23(20,21)11-10-18-14-8-4-2-6-12(14)13-7-3-5-9-15(13)18/h2-11H,1H3,(H,17,19). The number of nitrogens with zero attached hydrogens (tertiary/aromatic N) is 1. The number of fused-ring (bicyclic) bond motifs is 3. The van der Waals surface area contributed by atoms with Crippen molar-refractivity contribution >= 4 is 44.1 Å². The largest absolute Gasteiger partial charge is 0.452 e. The Bertz CT molecular complexity index is 966. The number of benzene rings is 2. The van der Waals surface area contributed by atoms with Gasteiger partial charge in [0.1, 0.15) is 0 Å². The molecule has 0 spiro atoms. The maximum atomic E-state index is 11.9. The normalized spacial score (nSPS) is 12.0. The zero-order chi connectivity index (χ0) is 16.4. The van der Waals surface area contributed by atoms with Crippen LogP contribution in [0.4, 0.5) is 4.79 Å². The highest BCUT2D eigenvalue weighted by molar-refractivity contribution is 7.93. The highest BCUT2D eigenvalue weighted by atomic mass is 32.2. The van der Waals surface area contributed by atoms with Gasteiger partial charge in [-0.15, -0.1) is 0 Å². The van der Waals surface area contributed by atoms with Crippen molar-refractivity contribution in [1.29, 1.82) is 0 Å². The van der Waals surface area contributed by atoms with Crippen LogP contribution in [-0.4, -0.2) is 26.2 Å². The van der Waals surface area contributed by atoms with E-state index in [4.69, 9.17) is 0 Å². The molecule has 0 saturated carbocycles. The van der Waals surface area contributed by atoms with Gasteiger partial charge in [-0.2, -0.15) is 0 Å². The molecule has 3 rings (SSSR count). The number of amides is 1. The fourth-order valence-corrected chi connectivity index (χ4v) is 3.11. The van der Waals surface area contributed by atoms with Gasteiger partial charge < -0.3 is 9.30 Å². The fraction of sp³-hybridized carbons (Fsp3) is 0.0625. The first-order valence-corrected chi connectivity index (χ1v) is 8.33. The summed E-state index contributed by atoms with van der Waals surface area (Å²) in [6.07, 6.45) is 0.382. The minimum Gasteiger partial charge on any atom is -0.452 e. The van der Waals surface area contributed by atoms with Gasteiger partial charge in [0.25, 0.3) is 10.0 Å². The zero-order valence-electron chi connectivity index (χ0n) is 12.3. The first-order chi connectivity index (χ1) is 11.0. The predicted molar refractivity (Wildman–Crippen MR) is 89.2 cm³/mol. The summed E-state index contributed by atoms with van der Waals surface area (Å²) in [5, 5.41) is 2.97. The van der Waals surface area contributed by atoms with Crippen LogP contribution < -0.4 is 4.72 Å². The van der Waals surface area contributed by atoms with Crippen LogP contribution in [0.5, 0.6) is 0 Å². The number of rotatable bonds is 3. The Hall–Kier alpha value is -2.80. The van der Waals surface area contributed by atoms with Gasteiger partial charge in [0.15, 0.2) is 0 Å². The van der Waals surface area contributed by atoms with Crippen molar-refractivity contribution in [3.63, 3.8) is 0 Å². The van der Waals surface area contributed by atoms with E-state index in [0.717, 1.165) is 34.3 Å². The summed E-state index contributed by atoms with van der Waals surface area (Å²) in [6.45, 7) is 0. The molecule has 1 aromatic heterocycles. The van der Waals surface area contributed by atoms with Gasteiger partial charge in [0, 0.05) is 17.0 Å². The second-order valence-electron chi connectivity index (χ2n) is 4.83. The number of aromatic nitrogens is 1. The Morgan fingerprint density at radius 1 is 1.04 bits per heavy atom. The van der Waals surface area contributed by atoms with Crippen molar-refractivity contribution in [2.24, 2.45) is 0 Å². The van der Waals surface area contributed by atoms with Gasteiger partial charge >= 0.3 is 6.09 Å².